The highest BCUT2D eigenvalue weighted by molar-refractivity contribution is 5.98. The Hall–Kier alpha value is -1.58. The molecule has 0 bridgehead atoms. The molecule has 1 aromatic heterocycles. The first-order chi connectivity index (χ1) is 8.02. The molecule has 0 aliphatic rings. The van der Waals surface area contributed by atoms with Crippen molar-refractivity contribution in [3.63, 3.8) is 0 Å². The van der Waals surface area contributed by atoms with Gasteiger partial charge in [-0.3, -0.25) is 4.79 Å². The van der Waals surface area contributed by atoms with Crippen LogP contribution in [0.5, 0.6) is 0 Å². The number of nitrogens with one attached hydrogen (secondary N) is 1. The fourth-order valence-electron chi connectivity index (χ4n) is 1.50. The first-order valence-electron chi connectivity index (χ1n) is 5.93. The summed E-state index contributed by atoms with van der Waals surface area (Å²) in [6.45, 7) is 4.99. The van der Waals surface area contributed by atoms with E-state index in [1.165, 1.54) is 0 Å². The van der Waals surface area contributed by atoms with Gasteiger partial charge < -0.3 is 10.2 Å². The SMILES string of the molecule is CC(C)CCNC(=O)c1cccnc1N(C)C. The van der Waals surface area contributed by atoms with Gasteiger partial charge in [-0.1, -0.05) is 13.8 Å². The van der Waals surface area contributed by atoms with E-state index in [0.717, 1.165) is 6.42 Å². The van der Waals surface area contributed by atoms with Crippen molar-refractivity contribution in [2.75, 3.05) is 25.5 Å². The van der Waals surface area contributed by atoms with Crippen LogP contribution in [0.15, 0.2) is 18.3 Å². The van der Waals surface area contributed by atoms with Crippen molar-refractivity contribution in [2.24, 2.45) is 5.92 Å². The highest BCUT2D eigenvalue weighted by atomic mass is 16.1. The highest BCUT2D eigenvalue weighted by Gasteiger charge is 2.12. The summed E-state index contributed by atoms with van der Waals surface area (Å²) in [5.41, 5.74) is 0.626. The summed E-state index contributed by atoms with van der Waals surface area (Å²) in [6, 6.07) is 3.58. The number of amides is 1. The number of hydrogen-bond acceptors (Lipinski definition) is 3. The zero-order valence-electron chi connectivity index (χ0n) is 11.0. The molecule has 1 heterocycles. The number of pyridine rings is 1. The standard InChI is InChI=1S/C13H21N3O/c1-10(2)7-9-15-13(17)11-6-5-8-14-12(11)16(3)4/h5-6,8,10H,7,9H2,1-4H3,(H,15,17). The maximum atomic E-state index is 12.0. The first-order valence-corrected chi connectivity index (χ1v) is 5.93. The molecule has 17 heavy (non-hydrogen) atoms. The van der Waals surface area contributed by atoms with Crippen LogP contribution >= 0.6 is 0 Å². The van der Waals surface area contributed by atoms with E-state index in [-0.39, 0.29) is 5.91 Å². The number of anilines is 1. The Balaban J connectivity index is 2.68. The highest BCUT2D eigenvalue weighted by Crippen LogP contribution is 2.13. The van der Waals surface area contributed by atoms with Gasteiger partial charge in [-0.2, -0.15) is 0 Å². The molecule has 0 aliphatic heterocycles. The lowest BCUT2D eigenvalue weighted by Crippen LogP contribution is -2.27. The number of rotatable bonds is 5. The molecule has 1 N–H and O–H groups in total. The van der Waals surface area contributed by atoms with Crippen molar-refractivity contribution in [1.29, 1.82) is 0 Å². The molecule has 94 valence electrons. The molecule has 0 fully saturated rings. The van der Waals surface area contributed by atoms with Crippen LogP contribution in [0.4, 0.5) is 5.82 Å². The van der Waals surface area contributed by atoms with Crippen LogP contribution < -0.4 is 10.2 Å². The van der Waals surface area contributed by atoms with E-state index < -0.39 is 0 Å². The molecule has 0 radical (unpaired) electrons. The smallest absolute Gasteiger partial charge is 0.255 e. The van der Waals surface area contributed by atoms with Crippen LogP contribution in [0, 0.1) is 5.92 Å². The quantitative estimate of drug-likeness (QED) is 0.848. The molecule has 0 aromatic carbocycles. The van der Waals surface area contributed by atoms with Crippen molar-refractivity contribution in [3.05, 3.63) is 23.9 Å². The number of carbonyl (C=O) groups is 1. The second kappa shape index (κ2) is 6.23. The molecule has 0 aliphatic carbocycles. The predicted octanol–water partition coefficient (Wildman–Crippen LogP) is 1.92. The van der Waals surface area contributed by atoms with E-state index in [0.29, 0.717) is 23.8 Å². The van der Waals surface area contributed by atoms with E-state index in [1.54, 1.807) is 18.3 Å². The van der Waals surface area contributed by atoms with Gasteiger partial charge in [0.1, 0.15) is 5.82 Å². The molecule has 0 saturated carbocycles. The summed E-state index contributed by atoms with van der Waals surface area (Å²) < 4.78 is 0. The summed E-state index contributed by atoms with van der Waals surface area (Å²) >= 11 is 0. The third kappa shape index (κ3) is 4.06. The average molecular weight is 235 g/mol. The van der Waals surface area contributed by atoms with Crippen molar-refractivity contribution in [2.45, 2.75) is 20.3 Å². The molecular weight excluding hydrogens is 214 g/mol. The van der Waals surface area contributed by atoms with Gasteiger partial charge in [-0.15, -0.1) is 0 Å². The Morgan fingerprint density at radius 1 is 1.47 bits per heavy atom. The van der Waals surface area contributed by atoms with Crippen LogP contribution in [0.2, 0.25) is 0 Å². The van der Waals surface area contributed by atoms with E-state index >= 15 is 0 Å². The Kier molecular flexibility index (Phi) is 4.94. The largest absolute Gasteiger partial charge is 0.362 e. The van der Waals surface area contributed by atoms with E-state index in [2.05, 4.69) is 24.1 Å². The Labute approximate surface area is 103 Å². The van der Waals surface area contributed by atoms with Gasteiger partial charge in [0.15, 0.2) is 0 Å². The van der Waals surface area contributed by atoms with Crippen LogP contribution in [0.3, 0.4) is 0 Å². The van der Waals surface area contributed by atoms with Gasteiger partial charge >= 0.3 is 0 Å². The summed E-state index contributed by atoms with van der Waals surface area (Å²) in [5, 5.41) is 2.92. The van der Waals surface area contributed by atoms with Gasteiger partial charge in [0, 0.05) is 26.8 Å². The molecule has 0 saturated heterocycles. The molecule has 1 rings (SSSR count). The Bertz CT molecular complexity index is 375. The molecular formula is C13H21N3O. The summed E-state index contributed by atoms with van der Waals surface area (Å²) in [5.74, 6) is 1.24. The van der Waals surface area contributed by atoms with E-state index in [4.69, 9.17) is 0 Å². The fraction of sp³-hybridized carbons (Fsp3) is 0.538. The number of carbonyl (C=O) groups excluding carboxylic acids is 1. The molecule has 0 spiro atoms. The lowest BCUT2D eigenvalue weighted by molar-refractivity contribution is 0.0952. The third-order valence-corrected chi connectivity index (χ3v) is 2.46. The minimum absolute atomic E-state index is 0.0533. The number of hydrogen-bond donors (Lipinski definition) is 1. The van der Waals surface area contributed by atoms with Gasteiger partial charge in [0.05, 0.1) is 5.56 Å². The maximum Gasteiger partial charge on any atom is 0.255 e. The minimum Gasteiger partial charge on any atom is -0.362 e. The van der Waals surface area contributed by atoms with Crippen LogP contribution in [0.1, 0.15) is 30.6 Å². The molecule has 0 atom stereocenters. The summed E-state index contributed by atoms with van der Waals surface area (Å²) in [6.07, 6.45) is 2.68. The van der Waals surface area contributed by atoms with Crippen LogP contribution in [0.25, 0.3) is 0 Å². The lowest BCUT2D eigenvalue weighted by Gasteiger charge is -2.15. The zero-order valence-corrected chi connectivity index (χ0v) is 11.0. The van der Waals surface area contributed by atoms with Gasteiger partial charge in [-0.05, 0) is 24.5 Å². The van der Waals surface area contributed by atoms with E-state index in [1.807, 2.05) is 19.0 Å². The van der Waals surface area contributed by atoms with Crippen LogP contribution in [-0.2, 0) is 0 Å². The third-order valence-electron chi connectivity index (χ3n) is 2.46. The van der Waals surface area contributed by atoms with Gasteiger partial charge in [-0.25, -0.2) is 4.98 Å². The van der Waals surface area contributed by atoms with E-state index in [9.17, 15) is 4.79 Å². The first kappa shape index (κ1) is 13.5. The van der Waals surface area contributed by atoms with Gasteiger partial charge in [0.2, 0.25) is 0 Å². The van der Waals surface area contributed by atoms with Crippen molar-refractivity contribution in [3.8, 4) is 0 Å². The average Bonchev–Trinajstić information content (AvgIpc) is 2.28. The topological polar surface area (TPSA) is 45.2 Å². The second-order valence-corrected chi connectivity index (χ2v) is 4.71. The Morgan fingerprint density at radius 3 is 2.76 bits per heavy atom. The normalized spacial score (nSPS) is 10.4. The van der Waals surface area contributed by atoms with Crippen molar-refractivity contribution < 1.29 is 4.79 Å². The van der Waals surface area contributed by atoms with Crippen molar-refractivity contribution >= 4 is 11.7 Å². The second-order valence-electron chi connectivity index (χ2n) is 4.71. The maximum absolute atomic E-state index is 12.0. The molecule has 4 nitrogen and oxygen atoms in total. The Morgan fingerprint density at radius 2 is 2.18 bits per heavy atom. The molecule has 0 unspecified atom stereocenters. The number of nitrogens with zero attached hydrogens (tertiary/aromatic N) is 2. The monoisotopic (exact) mass is 235 g/mol. The predicted molar refractivity (Wildman–Crippen MR) is 70.4 cm³/mol. The fourth-order valence-corrected chi connectivity index (χ4v) is 1.50. The molecule has 1 aromatic rings. The number of aromatic nitrogens is 1. The summed E-state index contributed by atoms with van der Waals surface area (Å²) in [4.78, 5) is 18.0. The lowest BCUT2D eigenvalue weighted by atomic mass is 10.1. The molecule has 4 heteroatoms. The molecule has 1 amide bonds. The van der Waals surface area contributed by atoms with Gasteiger partial charge in [0.25, 0.3) is 5.91 Å². The zero-order chi connectivity index (χ0) is 12.8. The van der Waals surface area contributed by atoms with Crippen molar-refractivity contribution in [1.82, 2.24) is 10.3 Å². The van der Waals surface area contributed by atoms with Crippen LogP contribution in [-0.4, -0.2) is 31.5 Å². The minimum atomic E-state index is -0.0533. The summed E-state index contributed by atoms with van der Waals surface area (Å²) in [7, 11) is 3.76.